The lowest BCUT2D eigenvalue weighted by Crippen LogP contribution is -2.62. The monoisotopic (exact) mass is 632 g/mol. The largest absolute Gasteiger partial charge is 0.455 e. The Labute approximate surface area is 266 Å². The van der Waals surface area contributed by atoms with Gasteiger partial charge in [0.15, 0.2) is 0 Å². The lowest BCUT2D eigenvalue weighted by atomic mass is 9.89. The lowest BCUT2D eigenvalue weighted by molar-refractivity contribution is -0.157. The number of hydrogen-bond donors (Lipinski definition) is 3. The van der Waals surface area contributed by atoms with Gasteiger partial charge in [0, 0.05) is 23.7 Å². The van der Waals surface area contributed by atoms with E-state index in [4.69, 9.17) is 9.72 Å². The van der Waals surface area contributed by atoms with Crippen LogP contribution in [0.15, 0.2) is 47.3 Å². The number of ether oxygens (including phenoxy) is 1. The summed E-state index contributed by atoms with van der Waals surface area (Å²) in [5.74, 6) is -1.96. The van der Waals surface area contributed by atoms with Crippen molar-refractivity contribution in [2.24, 2.45) is 11.3 Å². The summed E-state index contributed by atoms with van der Waals surface area (Å²) in [5, 5.41) is 9.92. The van der Waals surface area contributed by atoms with Gasteiger partial charge in [0.1, 0.15) is 24.2 Å². The van der Waals surface area contributed by atoms with Crippen LogP contribution in [0.4, 0.5) is 0 Å². The van der Waals surface area contributed by atoms with Crippen molar-refractivity contribution in [3.05, 3.63) is 64.2 Å². The number of nitrogens with zero attached hydrogens (tertiary/aromatic N) is 3. The highest BCUT2D eigenvalue weighted by Gasteiger charge is 2.37. The summed E-state index contributed by atoms with van der Waals surface area (Å²) in [6.45, 7) is 9.36. The molecule has 1 saturated heterocycles. The maximum Gasteiger partial charge on any atom is 0.325 e. The number of esters is 1. The summed E-state index contributed by atoms with van der Waals surface area (Å²) in [6.07, 6.45) is 4.22. The molecular formula is C33H40N6O5S. The van der Waals surface area contributed by atoms with Crippen molar-refractivity contribution in [1.82, 2.24) is 31.0 Å². The molecule has 2 aliphatic rings. The van der Waals surface area contributed by atoms with Crippen molar-refractivity contribution in [2.45, 2.75) is 78.1 Å². The molecule has 4 heterocycles. The smallest absolute Gasteiger partial charge is 0.325 e. The van der Waals surface area contributed by atoms with Crippen LogP contribution in [0.2, 0.25) is 0 Å². The minimum Gasteiger partial charge on any atom is -0.455 e. The predicted molar refractivity (Wildman–Crippen MR) is 171 cm³/mol. The van der Waals surface area contributed by atoms with E-state index in [0.717, 1.165) is 16.5 Å². The molecule has 5 rings (SSSR count). The van der Waals surface area contributed by atoms with Crippen LogP contribution in [-0.4, -0.2) is 63.3 Å². The topological polar surface area (TPSA) is 143 Å². The third kappa shape index (κ3) is 7.56. The van der Waals surface area contributed by atoms with E-state index in [9.17, 15) is 19.2 Å². The number of carbonyl (C=O) groups excluding carboxylic acids is 4. The van der Waals surface area contributed by atoms with Crippen molar-refractivity contribution in [1.29, 1.82) is 0 Å². The molecule has 12 heteroatoms. The summed E-state index contributed by atoms with van der Waals surface area (Å²) in [4.78, 5) is 63.5. The van der Waals surface area contributed by atoms with Crippen LogP contribution in [-0.2, 0) is 30.3 Å². The summed E-state index contributed by atoms with van der Waals surface area (Å²) in [6, 6.07) is 6.94. The molecule has 3 amide bonds. The summed E-state index contributed by atoms with van der Waals surface area (Å²) in [5.41, 5.74) is 6.55. The van der Waals surface area contributed by atoms with Crippen molar-refractivity contribution < 1.29 is 23.9 Å². The molecule has 4 atom stereocenters. The van der Waals surface area contributed by atoms with Crippen molar-refractivity contribution in [3.63, 3.8) is 0 Å². The van der Waals surface area contributed by atoms with E-state index >= 15 is 0 Å². The first-order valence-electron chi connectivity index (χ1n) is 15.3. The first-order valence-corrected chi connectivity index (χ1v) is 16.2. The van der Waals surface area contributed by atoms with Gasteiger partial charge in [0.2, 0.25) is 11.8 Å². The predicted octanol–water partition coefficient (Wildman–Crippen LogP) is 3.71. The fourth-order valence-electron chi connectivity index (χ4n) is 5.35. The van der Waals surface area contributed by atoms with Gasteiger partial charge in [0.05, 0.1) is 27.8 Å². The molecule has 2 aromatic heterocycles. The Morgan fingerprint density at radius 3 is 2.62 bits per heavy atom. The van der Waals surface area contributed by atoms with Crippen LogP contribution in [0.3, 0.4) is 0 Å². The van der Waals surface area contributed by atoms with E-state index in [1.165, 1.54) is 16.3 Å². The van der Waals surface area contributed by atoms with Gasteiger partial charge >= 0.3 is 5.97 Å². The molecule has 1 fully saturated rings. The van der Waals surface area contributed by atoms with Crippen LogP contribution in [0, 0.1) is 11.3 Å². The quantitative estimate of drug-likeness (QED) is 0.371. The van der Waals surface area contributed by atoms with E-state index < -0.39 is 47.4 Å². The molecule has 0 saturated carbocycles. The number of nitrogens with one attached hydrogen (secondary N) is 3. The molecule has 0 radical (unpaired) electrons. The second-order valence-corrected chi connectivity index (χ2v) is 13.3. The minimum absolute atomic E-state index is 0.151. The van der Waals surface area contributed by atoms with Crippen molar-refractivity contribution >= 4 is 52.0 Å². The fraction of sp³-hybridized carbons (Fsp3) is 0.455. The Hall–Kier alpha value is -4.16. The average molecular weight is 633 g/mol. The highest BCUT2D eigenvalue weighted by molar-refractivity contribution is 7.07. The number of benzene rings is 1. The number of carbonyl (C=O) groups is 4. The third-order valence-corrected chi connectivity index (χ3v) is 8.84. The Balaban J connectivity index is 1.51. The average Bonchev–Trinajstić information content (AvgIpc) is 3.54. The SMILES string of the molecule is CC(C)[C@@H]1NC(=O)C(C)(C)/C=C/c2ccc3ccc(nc3c2)[C@@H](C)OC(=O)[C@@H]2CCCN(N2)C(=O)[C@H](Cc2cscn2)NC1=O. The molecule has 0 aliphatic carbocycles. The maximum absolute atomic E-state index is 13.9. The molecule has 5 bridgehead atoms. The number of cyclic esters (lactones) is 1. The first kappa shape index (κ1) is 32.2. The Kier molecular flexibility index (Phi) is 9.64. The molecule has 3 aromatic rings. The lowest BCUT2D eigenvalue weighted by Gasteiger charge is -2.35. The van der Waals surface area contributed by atoms with Crippen LogP contribution in [0.25, 0.3) is 17.0 Å². The van der Waals surface area contributed by atoms with E-state index in [0.29, 0.717) is 30.8 Å². The molecule has 0 unspecified atom stereocenters. The van der Waals surface area contributed by atoms with Gasteiger partial charge in [-0.3, -0.25) is 24.2 Å². The Morgan fingerprint density at radius 1 is 1.11 bits per heavy atom. The first-order chi connectivity index (χ1) is 21.4. The third-order valence-electron chi connectivity index (χ3n) is 8.21. The summed E-state index contributed by atoms with van der Waals surface area (Å²) < 4.78 is 5.82. The highest BCUT2D eigenvalue weighted by atomic mass is 32.1. The van der Waals surface area contributed by atoms with E-state index in [1.54, 1.807) is 32.4 Å². The van der Waals surface area contributed by atoms with E-state index in [-0.39, 0.29) is 18.2 Å². The van der Waals surface area contributed by atoms with Gasteiger partial charge in [-0.15, -0.1) is 11.3 Å². The van der Waals surface area contributed by atoms with Crippen LogP contribution in [0.5, 0.6) is 0 Å². The Morgan fingerprint density at radius 2 is 1.89 bits per heavy atom. The summed E-state index contributed by atoms with van der Waals surface area (Å²) in [7, 11) is 0. The number of rotatable bonds is 3. The molecule has 0 spiro atoms. The van der Waals surface area contributed by atoms with Gasteiger partial charge in [-0.05, 0) is 57.2 Å². The molecule has 238 valence electrons. The second-order valence-electron chi connectivity index (χ2n) is 12.6. The zero-order chi connectivity index (χ0) is 32.3. The number of hydrogen-bond acceptors (Lipinski definition) is 9. The van der Waals surface area contributed by atoms with Gasteiger partial charge in [-0.2, -0.15) is 0 Å². The molecule has 2 aliphatic heterocycles. The molecule has 1 aromatic carbocycles. The van der Waals surface area contributed by atoms with E-state index in [2.05, 4.69) is 21.0 Å². The zero-order valence-corrected chi connectivity index (χ0v) is 27.0. The molecule has 45 heavy (non-hydrogen) atoms. The highest BCUT2D eigenvalue weighted by Crippen LogP contribution is 2.25. The number of thiazole rings is 1. The molecule has 3 N–H and O–H groups in total. The number of hydrazine groups is 1. The van der Waals surface area contributed by atoms with Crippen LogP contribution in [0.1, 0.15) is 70.5 Å². The standard InChI is InChI=1S/C33H40N6O5S/c1-19(2)28-29(40)36-27(16-23-17-45-18-34-23)30(41)39-14-6-7-25(38-39)31(42)44-20(3)24-11-10-22-9-8-21(15-26(22)35-24)12-13-33(4,5)32(43)37-28/h8-13,15,17-20,25,27-28,38H,6-7,14,16H2,1-5H3,(H,36,40)(H,37,43)/b13-12+/t20-,25+,27+,28+/m1/s1. The van der Waals surface area contributed by atoms with Crippen LogP contribution < -0.4 is 16.1 Å². The van der Waals surface area contributed by atoms with Crippen molar-refractivity contribution in [3.8, 4) is 0 Å². The number of aromatic nitrogens is 2. The van der Waals surface area contributed by atoms with E-state index in [1.807, 2.05) is 55.6 Å². The van der Waals surface area contributed by atoms with Gasteiger partial charge in [-0.25, -0.2) is 15.4 Å². The second kappa shape index (κ2) is 13.5. The van der Waals surface area contributed by atoms with Gasteiger partial charge in [-0.1, -0.05) is 44.2 Å². The van der Waals surface area contributed by atoms with Crippen molar-refractivity contribution in [2.75, 3.05) is 6.54 Å². The minimum atomic E-state index is -0.983. The molecular weight excluding hydrogens is 592 g/mol. The van der Waals surface area contributed by atoms with Crippen LogP contribution >= 0.6 is 11.3 Å². The number of pyridine rings is 1. The van der Waals surface area contributed by atoms with Gasteiger partial charge < -0.3 is 15.4 Å². The van der Waals surface area contributed by atoms with Gasteiger partial charge in [0.25, 0.3) is 5.91 Å². The summed E-state index contributed by atoms with van der Waals surface area (Å²) >= 11 is 1.39. The fourth-order valence-corrected chi connectivity index (χ4v) is 5.92. The Bertz CT molecular complexity index is 1600. The normalized spacial score (nSPS) is 25.5. The maximum atomic E-state index is 13.9. The number of fused-ring (bicyclic) bond motifs is 4. The zero-order valence-electron chi connectivity index (χ0n) is 26.2. The molecule has 11 nitrogen and oxygen atoms in total. The number of amides is 3.